The van der Waals surface area contributed by atoms with E-state index < -0.39 is 17.5 Å². The second kappa shape index (κ2) is 7.97. The number of hydrogen-bond donors (Lipinski definition) is 2. The van der Waals surface area contributed by atoms with Crippen molar-refractivity contribution >= 4 is 11.6 Å². The van der Waals surface area contributed by atoms with E-state index in [4.69, 9.17) is 0 Å². The van der Waals surface area contributed by atoms with Crippen LogP contribution in [0.2, 0.25) is 0 Å². The van der Waals surface area contributed by atoms with Crippen molar-refractivity contribution in [2.24, 2.45) is 0 Å². The number of amides is 1. The van der Waals surface area contributed by atoms with Crippen LogP contribution in [0.5, 0.6) is 0 Å². The average molecular weight is 336 g/mol. The first-order valence-corrected chi connectivity index (χ1v) is 7.67. The molecule has 0 aliphatic heterocycles. The number of carbonyl (C=O) groups excluding carboxylic acids is 1. The van der Waals surface area contributed by atoms with E-state index in [-0.39, 0.29) is 18.5 Å². The van der Waals surface area contributed by atoms with E-state index in [9.17, 15) is 18.0 Å². The van der Waals surface area contributed by atoms with E-state index >= 15 is 0 Å². The number of anilines is 1. The highest BCUT2D eigenvalue weighted by molar-refractivity contribution is 5.90. The Kier molecular flexibility index (Phi) is 5.98. The number of hydrogen-bond acceptors (Lipinski definition) is 2. The molecule has 0 aliphatic carbocycles. The van der Waals surface area contributed by atoms with Crippen molar-refractivity contribution in [3.05, 3.63) is 65.0 Å². The second-order valence-corrected chi connectivity index (χ2v) is 5.50. The van der Waals surface area contributed by atoms with Crippen LogP contribution in [0, 0.1) is 17.5 Å². The van der Waals surface area contributed by atoms with Crippen LogP contribution in [0.4, 0.5) is 18.9 Å². The van der Waals surface area contributed by atoms with Crippen LogP contribution in [-0.4, -0.2) is 5.91 Å². The number of nitrogens with one attached hydrogen (secondary N) is 2. The summed E-state index contributed by atoms with van der Waals surface area (Å²) in [7, 11) is 0. The summed E-state index contributed by atoms with van der Waals surface area (Å²) < 4.78 is 39.3. The van der Waals surface area contributed by atoms with Crippen molar-refractivity contribution in [2.75, 3.05) is 5.32 Å². The molecule has 1 amide bonds. The zero-order chi connectivity index (χ0) is 17.7. The van der Waals surface area contributed by atoms with Gasteiger partial charge in [0.2, 0.25) is 5.91 Å². The number of halogens is 3. The molecule has 0 radical (unpaired) electrons. The molecule has 0 heterocycles. The lowest BCUT2D eigenvalue weighted by atomic mass is 10.1. The molecule has 0 spiro atoms. The molecule has 0 saturated carbocycles. The molecule has 0 fully saturated rings. The van der Waals surface area contributed by atoms with Crippen LogP contribution in [0.25, 0.3) is 0 Å². The van der Waals surface area contributed by atoms with Crippen LogP contribution in [0.15, 0.2) is 36.4 Å². The van der Waals surface area contributed by atoms with Crippen LogP contribution in [-0.2, 0) is 11.3 Å². The summed E-state index contributed by atoms with van der Waals surface area (Å²) in [5, 5.41) is 5.87. The summed E-state index contributed by atoms with van der Waals surface area (Å²) in [5.41, 5.74) is 1.98. The number of benzene rings is 2. The molecule has 0 aliphatic rings. The highest BCUT2D eigenvalue weighted by atomic mass is 19.2. The van der Waals surface area contributed by atoms with Gasteiger partial charge in [-0.25, -0.2) is 13.2 Å². The smallest absolute Gasteiger partial charge is 0.224 e. The van der Waals surface area contributed by atoms with Gasteiger partial charge >= 0.3 is 0 Å². The Labute approximate surface area is 138 Å². The number of carbonyl (C=O) groups is 1. The van der Waals surface area contributed by atoms with Gasteiger partial charge in [0, 0.05) is 24.7 Å². The Morgan fingerprint density at radius 2 is 1.67 bits per heavy atom. The first-order chi connectivity index (χ1) is 11.4. The molecular weight excluding hydrogens is 317 g/mol. The van der Waals surface area contributed by atoms with Crippen molar-refractivity contribution in [1.82, 2.24) is 5.32 Å². The van der Waals surface area contributed by atoms with Gasteiger partial charge in [0.05, 0.1) is 0 Å². The Morgan fingerprint density at radius 3 is 2.21 bits per heavy atom. The van der Waals surface area contributed by atoms with Gasteiger partial charge in [0.1, 0.15) is 0 Å². The van der Waals surface area contributed by atoms with Gasteiger partial charge in [-0.05, 0) is 42.3 Å². The monoisotopic (exact) mass is 336 g/mol. The minimum Gasteiger partial charge on any atom is -0.326 e. The fourth-order valence-corrected chi connectivity index (χ4v) is 2.20. The Balaban J connectivity index is 1.97. The summed E-state index contributed by atoms with van der Waals surface area (Å²) in [4.78, 5) is 11.3. The summed E-state index contributed by atoms with van der Waals surface area (Å²) in [6.45, 7) is 3.87. The van der Waals surface area contributed by atoms with E-state index in [1.807, 2.05) is 19.1 Å². The van der Waals surface area contributed by atoms with E-state index in [1.54, 1.807) is 19.1 Å². The molecule has 2 aromatic carbocycles. The molecule has 1 atom stereocenters. The van der Waals surface area contributed by atoms with E-state index in [1.165, 1.54) is 0 Å². The third-order valence-corrected chi connectivity index (χ3v) is 3.67. The van der Waals surface area contributed by atoms with Crippen LogP contribution in [0.1, 0.15) is 37.4 Å². The molecule has 2 aromatic rings. The number of rotatable bonds is 6. The highest BCUT2D eigenvalue weighted by Gasteiger charge is 2.11. The lowest BCUT2D eigenvalue weighted by Gasteiger charge is -2.15. The Bertz CT molecular complexity index is 694. The molecular formula is C18H19F3N2O. The third kappa shape index (κ3) is 4.58. The van der Waals surface area contributed by atoms with Crippen molar-refractivity contribution in [3.8, 4) is 0 Å². The van der Waals surface area contributed by atoms with Gasteiger partial charge < -0.3 is 10.6 Å². The third-order valence-electron chi connectivity index (χ3n) is 3.67. The zero-order valence-corrected chi connectivity index (χ0v) is 13.5. The van der Waals surface area contributed by atoms with Gasteiger partial charge in [-0.2, -0.15) is 0 Å². The zero-order valence-electron chi connectivity index (χ0n) is 13.5. The van der Waals surface area contributed by atoms with Gasteiger partial charge in [-0.15, -0.1) is 0 Å². The van der Waals surface area contributed by atoms with Crippen molar-refractivity contribution in [3.63, 3.8) is 0 Å². The minimum absolute atomic E-state index is 0.0608. The van der Waals surface area contributed by atoms with Gasteiger partial charge in [-0.3, -0.25) is 4.79 Å². The molecule has 0 bridgehead atoms. The molecule has 128 valence electrons. The second-order valence-electron chi connectivity index (χ2n) is 5.50. The highest BCUT2D eigenvalue weighted by Crippen LogP contribution is 2.18. The van der Waals surface area contributed by atoms with Crippen LogP contribution in [0.3, 0.4) is 0 Å². The summed E-state index contributed by atoms with van der Waals surface area (Å²) in [6.07, 6.45) is 0.407. The van der Waals surface area contributed by atoms with Gasteiger partial charge in [0.25, 0.3) is 0 Å². The van der Waals surface area contributed by atoms with Gasteiger partial charge in [0.15, 0.2) is 17.5 Å². The fraction of sp³-hybridized carbons (Fsp3) is 0.278. The SMILES string of the molecule is CCC(=O)Nc1ccc(C(C)NCc2cc(F)c(F)c(F)c2)cc1. The van der Waals surface area contributed by atoms with E-state index in [0.29, 0.717) is 17.7 Å². The van der Waals surface area contributed by atoms with Crippen LogP contribution >= 0.6 is 0 Å². The van der Waals surface area contributed by atoms with E-state index in [0.717, 1.165) is 17.7 Å². The summed E-state index contributed by atoms with van der Waals surface area (Å²) >= 11 is 0. The summed E-state index contributed by atoms with van der Waals surface area (Å²) in [5.74, 6) is -3.92. The standard InChI is InChI=1S/C18H19F3N2O/c1-3-17(24)23-14-6-4-13(5-7-14)11(2)22-10-12-8-15(19)18(21)16(20)9-12/h4-9,11,22H,3,10H2,1-2H3,(H,23,24). The fourth-order valence-electron chi connectivity index (χ4n) is 2.20. The maximum Gasteiger partial charge on any atom is 0.224 e. The molecule has 24 heavy (non-hydrogen) atoms. The predicted molar refractivity (Wildman–Crippen MR) is 86.9 cm³/mol. The van der Waals surface area contributed by atoms with Gasteiger partial charge in [-0.1, -0.05) is 19.1 Å². The molecule has 3 nitrogen and oxygen atoms in total. The molecule has 6 heteroatoms. The first-order valence-electron chi connectivity index (χ1n) is 7.67. The maximum atomic E-state index is 13.2. The lowest BCUT2D eigenvalue weighted by molar-refractivity contribution is -0.115. The molecule has 1 unspecified atom stereocenters. The summed E-state index contributed by atoms with van der Waals surface area (Å²) in [6, 6.07) is 9.15. The largest absolute Gasteiger partial charge is 0.326 e. The van der Waals surface area contributed by atoms with E-state index in [2.05, 4.69) is 10.6 Å². The minimum atomic E-state index is -1.46. The normalized spacial score (nSPS) is 12.0. The molecule has 0 aromatic heterocycles. The topological polar surface area (TPSA) is 41.1 Å². The molecule has 2 rings (SSSR count). The first kappa shape index (κ1) is 18.0. The van der Waals surface area contributed by atoms with Crippen molar-refractivity contribution in [1.29, 1.82) is 0 Å². The molecule has 0 saturated heterocycles. The quantitative estimate of drug-likeness (QED) is 0.772. The Morgan fingerprint density at radius 1 is 1.08 bits per heavy atom. The van der Waals surface area contributed by atoms with Crippen molar-refractivity contribution in [2.45, 2.75) is 32.9 Å². The predicted octanol–water partition coefficient (Wildman–Crippen LogP) is 4.30. The van der Waals surface area contributed by atoms with Crippen molar-refractivity contribution < 1.29 is 18.0 Å². The molecule has 2 N–H and O–H groups in total. The van der Waals surface area contributed by atoms with Crippen LogP contribution < -0.4 is 10.6 Å². The average Bonchev–Trinajstić information content (AvgIpc) is 2.57. The lowest BCUT2D eigenvalue weighted by Crippen LogP contribution is -2.18. The Hall–Kier alpha value is -2.34. The maximum absolute atomic E-state index is 13.2.